The first-order valence-electron chi connectivity index (χ1n) is 9.71. The van der Waals surface area contributed by atoms with Crippen LogP contribution in [0.15, 0.2) is 18.2 Å². The highest BCUT2D eigenvalue weighted by Gasteiger charge is 2.27. The summed E-state index contributed by atoms with van der Waals surface area (Å²) >= 11 is 0. The summed E-state index contributed by atoms with van der Waals surface area (Å²) < 4.78 is 5.94. The molecule has 0 amide bonds. The lowest BCUT2D eigenvalue weighted by atomic mass is 9.76. The summed E-state index contributed by atoms with van der Waals surface area (Å²) in [6, 6.07) is 6.55. The SMILES string of the molecule is CCCCCCCOc1ccc2c(c1)CCC[C@H]2C[C@](C)(N)CO. The van der Waals surface area contributed by atoms with Gasteiger partial charge in [-0.05, 0) is 68.2 Å². The minimum atomic E-state index is -0.493. The highest BCUT2D eigenvalue weighted by atomic mass is 16.5. The van der Waals surface area contributed by atoms with E-state index in [0.717, 1.165) is 38.0 Å². The number of benzene rings is 1. The fraction of sp³-hybridized carbons (Fsp3) is 0.714. The summed E-state index contributed by atoms with van der Waals surface area (Å²) in [5, 5.41) is 9.45. The van der Waals surface area contributed by atoms with Gasteiger partial charge in [0.25, 0.3) is 0 Å². The van der Waals surface area contributed by atoms with Gasteiger partial charge in [0, 0.05) is 5.54 Å². The third-order valence-electron chi connectivity index (χ3n) is 5.14. The zero-order valence-electron chi connectivity index (χ0n) is 15.5. The normalized spacial score (nSPS) is 19.6. The van der Waals surface area contributed by atoms with Crippen molar-refractivity contribution in [1.29, 1.82) is 0 Å². The first kappa shape index (κ1) is 19.3. The van der Waals surface area contributed by atoms with Crippen molar-refractivity contribution < 1.29 is 9.84 Å². The van der Waals surface area contributed by atoms with Crippen LogP contribution in [0, 0.1) is 0 Å². The average molecular weight is 334 g/mol. The van der Waals surface area contributed by atoms with Crippen LogP contribution < -0.4 is 10.5 Å². The minimum absolute atomic E-state index is 0.0397. The number of fused-ring (bicyclic) bond motifs is 1. The first-order valence-corrected chi connectivity index (χ1v) is 9.71. The molecule has 2 rings (SSSR count). The van der Waals surface area contributed by atoms with E-state index in [9.17, 15) is 5.11 Å². The van der Waals surface area contributed by atoms with Crippen molar-refractivity contribution >= 4 is 0 Å². The second-order valence-corrected chi connectivity index (χ2v) is 7.73. The molecule has 0 saturated heterocycles. The van der Waals surface area contributed by atoms with Crippen molar-refractivity contribution in [3.63, 3.8) is 0 Å². The molecule has 136 valence electrons. The summed E-state index contributed by atoms with van der Waals surface area (Å²) in [6.45, 7) is 5.04. The second kappa shape index (κ2) is 9.43. The van der Waals surface area contributed by atoms with Crippen LogP contribution >= 0.6 is 0 Å². The Morgan fingerprint density at radius 2 is 2.04 bits per heavy atom. The molecule has 24 heavy (non-hydrogen) atoms. The van der Waals surface area contributed by atoms with Crippen molar-refractivity contribution in [3.05, 3.63) is 29.3 Å². The predicted molar refractivity (Wildman–Crippen MR) is 101 cm³/mol. The Morgan fingerprint density at radius 3 is 2.79 bits per heavy atom. The Labute approximate surface area is 147 Å². The number of ether oxygens (including phenoxy) is 1. The van der Waals surface area contributed by atoms with Gasteiger partial charge in [0.2, 0.25) is 0 Å². The minimum Gasteiger partial charge on any atom is -0.494 e. The molecule has 1 aromatic carbocycles. The molecule has 1 aliphatic carbocycles. The number of aliphatic hydroxyl groups excluding tert-OH is 1. The Morgan fingerprint density at radius 1 is 1.25 bits per heavy atom. The number of hydrogen-bond donors (Lipinski definition) is 2. The van der Waals surface area contributed by atoms with Crippen LogP contribution in [0.1, 0.15) is 82.3 Å². The molecular weight excluding hydrogens is 298 g/mol. The maximum atomic E-state index is 9.45. The predicted octanol–water partition coefficient (Wildman–Crippen LogP) is 4.56. The molecule has 0 unspecified atom stereocenters. The molecule has 0 saturated carbocycles. The Balaban J connectivity index is 1.90. The fourth-order valence-corrected chi connectivity index (χ4v) is 3.72. The van der Waals surface area contributed by atoms with E-state index in [1.54, 1.807) is 0 Å². The lowest BCUT2D eigenvalue weighted by molar-refractivity contribution is 0.189. The lowest BCUT2D eigenvalue weighted by Gasteiger charge is -2.32. The number of rotatable bonds is 10. The van der Waals surface area contributed by atoms with Gasteiger partial charge in [-0.15, -0.1) is 0 Å². The topological polar surface area (TPSA) is 55.5 Å². The van der Waals surface area contributed by atoms with Crippen LogP contribution in [0.2, 0.25) is 0 Å². The van der Waals surface area contributed by atoms with Gasteiger partial charge < -0.3 is 15.6 Å². The molecule has 2 atom stereocenters. The van der Waals surface area contributed by atoms with Crippen LogP contribution in [0.4, 0.5) is 0 Å². The Hall–Kier alpha value is -1.06. The first-order chi connectivity index (χ1) is 11.6. The van der Waals surface area contributed by atoms with E-state index in [4.69, 9.17) is 10.5 Å². The lowest BCUT2D eigenvalue weighted by Crippen LogP contribution is -2.42. The van der Waals surface area contributed by atoms with Gasteiger partial charge in [-0.25, -0.2) is 0 Å². The van der Waals surface area contributed by atoms with Gasteiger partial charge in [-0.1, -0.05) is 38.7 Å². The van der Waals surface area contributed by atoms with Crippen LogP contribution in [-0.2, 0) is 6.42 Å². The van der Waals surface area contributed by atoms with Gasteiger partial charge in [-0.3, -0.25) is 0 Å². The summed E-state index contributed by atoms with van der Waals surface area (Å²) in [6.07, 6.45) is 10.7. The van der Waals surface area contributed by atoms with E-state index in [1.807, 2.05) is 6.92 Å². The second-order valence-electron chi connectivity index (χ2n) is 7.73. The van der Waals surface area contributed by atoms with Crippen LogP contribution in [0.25, 0.3) is 0 Å². The third-order valence-corrected chi connectivity index (χ3v) is 5.14. The van der Waals surface area contributed by atoms with E-state index < -0.39 is 5.54 Å². The highest BCUT2D eigenvalue weighted by molar-refractivity contribution is 5.39. The molecule has 3 N–H and O–H groups in total. The molecule has 0 bridgehead atoms. The molecular formula is C21H35NO2. The number of unbranched alkanes of at least 4 members (excludes halogenated alkanes) is 4. The smallest absolute Gasteiger partial charge is 0.119 e. The van der Waals surface area contributed by atoms with Crippen LogP contribution in [-0.4, -0.2) is 23.9 Å². The van der Waals surface area contributed by atoms with Crippen molar-refractivity contribution in [1.82, 2.24) is 0 Å². The summed E-state index contributed by atoms with van der Waals surface area (Å²) in [4.78, 5) is 0. The zero-order chi connectivity index (χ0) is 17.4. The Kier molecular flexibility index (Phi) is 7.57. The quantitative estimate of drug-likeness (QED) is 0.617. The number of nitrogens with two attached hydrogens (primary N) is 1. The molecule has 1 aliphatic rings. The molecule has 0 heterocycles. The molecule has 1 aromatic rings. The van der Waals surface area contributed by atoms with E-state index in [2.05, 4.69) is 25.1 Å². The largest absolute Gasteiger partial charge is 0.494 e. The van der Waals surface area contributed by atoms with Gasteiger partial charge in [0.15, 0.2) is 0 Å². The van der Waals surface area contributed by atoms with Crippen LogP contribution in [0.3, 0.4) is 0 Å². The molecule has 0 fully saturated rings. The summed E-state index contributed by atoms with van der Waals surface area (Å²) in [5.74, 6) is 1.46. The van der Waals surface area contributed by atoms with Gasteiger partial charge in [0.05, 0.1) is 13.2 Å². The summed E-state index contributed by atoms with van der Waals surface area (Å²) in [5.41, 5.74) is 8.49. The molecule has 0 aliphatic heterocycles. The van der Waals surface area contributed by atoms with Gasteiger partial charge in [-0.2, -0.15) is 0 Å². The highest BCUT2D eigenvalue weighted by Crippen LogP contribution is 2.37. The van der Waals surface area contributed by atoms with Crippen molar-refractivity contribution in [3.8, 4) is 5.75 Å². The molecule has 0 spiro atoms. The number of aliphatic hydroxyl groups is 1. The van der Waals surface area contributed by atoms with Gasteiger partial charge >= 0.3 is 0 Å². The van der Waals surface area contributed by atoms with Crippen molar-refractivity contribution in [2.75, 3.05) is 13.2 Å². The maximum Gasteiger partial charge on any atom is 0.119 e. The molecule has 0 radical (unpaired) electrons. The van der Waals surface area contributed by atoms with Crippen molar-refractivity contribution in [2.24, 2.45) is 5.73 Å². The number of aryl methyl sites for hydroxylation is 1. The molecule has 3 nitrogen and oxygen atoms in total. The average Bonchev–Trinajstić information content (AvgIpc) is 2.58. The fourth-order valence-electron chi connectivity index (χ4n) is 3.72. The van der Waals surface area contributed by atoms with E-state index in [0.29, 0.717) is 5.92 Å². The van der Waals surface area contributed by atoms with Crippen LogP contribution in [0.5, 0.6) is 5.75 Å². The summed E-state index contributed by atoms with van der Waals surface area (Å²) in [7, 11) is 0. The standard InChI is InChI=1S/C21H35NO2/c1-3-4-5-6-7-13-24-19-11-12-20-17(14-19)9-8-10-18(20)15-21(2,22)16-23/h11-12,14,18,23H,3-10,13,15-16,22H2,1-2H3/t18-,21-/m0/s1. The number of hydrogen-bond acceptors (Lipinski definition) is 3. The maximum absolute atomic E-state index is 9.45. The molecule has 3 heteroatoms. The van der Waals surface area contributed by atoms with E-state index in [1.165, 1.54) is 43.2 Å². The van der Waals surface area contributed by atoms with Crippen molar-refractivity contribution in [2.45, 2.75) is 83.1 Å². The third kappa shape index (κ3) is 5.78. The van der Waals surface area contributed by atoms with Gasteiger partial charge in [0.1, 0.15) is 5.75 Å². The molecule has 0 aromatic heterocycles. The van der Waals surface area contributed by atoms with E-state index in [-0.39, 0.29) is 6.61 Å². The zero-order valence-corrected chi connectivity index (χ0v) is 15.5. The monoisotopic (exact) mass is 333 g/mol. The Bertz CT molecular complexity index is 499. The van der Waals surface area contributed by atoms with E-state index >= 15 is 0 Å².